The Morgan fingerprint density at radius 1 is 0.778 bits per heavy atom. The van der Waals surface area contributed by atoms with Crippen LogP contribution in [0.1, 0.15) is 70.0 Å². The number of alkyl halides is 6. The number of carbonyl (C=O) groups excluding carboxylic acids is 2. The zero-order chi connectivity index (χ0) is 32.4. The van der Waals surface area contributed by atoms with E-state index in [1.54, 1.807) is 11.0 Å². The lowest BCUT2D eigenvalue weighted by molar-refractivity contribution is -0.143. The summed E-state index contributed by atoms with van der Waals surface area (Å²) in [6, 6.07) is 15.7. The van der Waals surface area contributed by atoms with Crippen molar-refractivity contribution < 1.29 is 35.9 Å². The number of hydrogen-bond donors (Lipinski definition) is 1. The summed E-state index contributed by atoms with van der Waals surface area (Å²) in [5, 5.41) is 2.42. The quantitative estimate of drug-likeness (QED) is 0.279. The minimum atomic E-state index is -5.09. The van der Waals surface area contributed by atoms with Gasteiger partial charge in [0.1, 0.15) is 0 Å². The van der Waals surface area contributed by atoms with Gasteiger partial charge in [-0.25, -0.2) is 0 Å². The molecule has 0 saturated carbocycles. The Balaban J connectivity index is 1.40. The highest BCUT2D eigenvalue weighted by molar-refractivity contribution is 6.06. The molecule has 0 atom stereocenters. The van der Waals surface area contributed by atoms with Crippen LogP contribution in [0.3, 0.4) is 0 Å². The molecule has 1 N–H and O–H groups in total. The van der Waals surface area contributed by atoms with Gasteiger partial charge in [0.05, 0.1) is 16.7 Å². The lowest BCUT2D eigenvalue weighted by atomic mass is 9.89. The SMILES string of the molecule is CC1CCN(C(=O)c2cc(NC(=O)c3cc(C(F)(F)F)cc(C(F)(F)F)c3)ccc2N2CCC(Cc3ccccc3)CC2)CC1. The highest BCUT2D eigenvalue weighted by Gasteiger charge is 2.37. The summed E-state index contributed by atoms with van der Waals surface area (Å²) in [6.45, 7) is 4.69. The summed E-state index contributed by atoms with van der Waals surface area (Å²) >= 11 is 0. The van der Waals surface area contributed by atoms with Crippen LogP contribution in [0.15, 0.2) is 66.7 Å². The van der Waals surface area contributed by atoms with E-state index in [1.165, 1.54) is 17.7 Å². The zero-order valence-electron chi connectivity index (χ0n) is 24.8. The molecular formula is C34H35F6N3O2. The second kappa shape index (κ2) is 13.1. The minimum Gasteiger partial charge on any atom is -0.371 e. The molecule has 0 aromatic heterocycles. The number of piperidine rings is 2. The molecule has 2 amide bonds. The smallest absolute Gasteiger partial charge is 0.371 e. The maximum Gasteiger partial charge on any atom is 0.416 e. The Hall–Kier alpha value is -4.02. The van der Waals surface area contributed by atoms with E-state index >= 15 is 0 Å². The molecule has 11 heteroatoms. The van der Waals surface area contributed by atoms with E-state index in [0.717, 1.165) is 32.1 Å². The number of rotatable bonds is 6. The molecule has 5 rings (SSSR count). The lowest BCUT2D eigenvalue weighted by Gasteiger charge is -2.36. The van der Waals surface area contributed by atoms with Crippen LogP contribution in [-0.2, 0) is 18.8 Å². The summed E-state index contributed by atoms with van der Waals surface area (Å²) in [7, 11) is 0. The molecular weight excluding hydrogens is 596 g/mol. The Labute approximate surface area is 258 Å². The van der Waals surface area contributed by atoms with Crippen LogP contribution in [0.25, 0.3) is 0 Å². The van der Waals surface area contributed by atoms with Gasteiger partial charge in [-0.2, -0.15) is 26.3 Å². The first kappa shape index (κ1) is 32.4. The van der Waals surface area contributed by atoms with Crippen molar-refractivity contribution in [2.24, 2.45) is 11.8 Å². The average molecular weight is 632 g/mol. The summed E-state index contributed by atoms with van der Waals surface area (Å²) in [4.78, 5) is 30.7. The molecule has 0 bridgehead atoms. The summed E-state index contributed by atoms with van der Waals surface area (Å²) in [5.41, 5.74) is -1.55. The van der Waals surface area contributed by atoms with Crippen molar-refractivity contribution in [3.63, 3.8) is 0 Å². The number of likely N-dealkylation sites (tertiary alicyclic amines) is 1. The van der Waals surface area contributed by atoms with E-state index in [2.05, 4.69) is 29.3 Å². The van der Waals surface area contributed by atoms with E-state index in [0.29, 0.717) is 61.4 Å². The minimum absolute atomic E-state index is 0.0230. The standard InChI is InChI=1S/C34H35F6N3O2/c1-22-9-13-43(14-10-22)32(45)29-21-28(41-31(44)25-18-26(33(35,36)37)20-27(19-25)34(38,39)40)7-8-30(29)42-15-11-24(12-16-42)17-23-5-3-2-4-6-23/h2-8,18-22,24H,9-17H2,1H3,(H,41,44). The van der Waals surface area contributed by atoms with Crippen LogP contribution in [0.5, 0.6) is 0 Å². The van der Waals surface area contributed by atoms with Crippen LogP contribution >= 0.6 is 0 Å². The number of benzene rings is 3. The fraction of sp³-hybridized carbons (Fsp3) is 0.412. The topological polar surface area (TPSA) is 52.7 Å². The van der Waals surface area contributed by atoms with Gasteiger partial charge in [0.15, 0.2) is 0 Å². The average Bonchev–Trinajstić information content (AvgIpc) is 3.01. The number of nitrogens with zero attached hydrogens (tertiary/aromatic N) is 2. The predicted octanol–water partition coefficient (Wildman–Crippen LogP) is 8.31. The Morgan fingerprint density at radius 3 is 1.96 bits per heavy atom. The number of halogens is 6. The third-order valence-corrected chi connectivity index (χ3v) is 8.73. The maximum absolute atomic E-state index is 13.8. The molecule has 0 spiro atoms. The van der Waals surface area contributed by atoms with Gasteiger partial charge in [-0.3, -0.25) is 9.59 Å². The van der Waals surface area contributed by atoms with E-state index in [4.69, 9.17) is 0 Å². The molecule has 45 heavy (non-hydrogen) atoms. The van der Waals surface area contributed by atoms with Gasteiger partial charge in [-0.05, 0) is 85.9 Å². The normalized spacial score (nSPS) is 17.0. The lowest BCUT2D eigenvalue weighted by Crippen LogP contribution is -2.40. The number of anilines is 2. The van der Waals surface area contributed by atoms with Gasteiger partial charge in [0.25, 0.3) is 11.8 Å². The van der Waals surface area contributed by atoms with Crippen LogP contribution in [0.2, 0.25) is 0 Å². The van der Waals surface area contributed by atoms with Crippen molar-refractivity contribution in [2.45, 2.75) is 51.4 Å². The molecule has 3 aromatic carbocycles. The number of carbonyl (C=O) groups is 2. The third-order valence-electron chi connectivity index (χ3n) is 8.73. The number of amides is 2. The van der Waals surface area contributed by atoms with Crippen LogP contribution < -0.4 is 10.2 Å². The molecule has 2 aliphatic rings. The zero-order valence-corrected chi connectivity index (χ0v) is 24.8. The molecule has 2 heterocycles. The van der Waals surface area contributed by atoms with Gasteiger partial charge < -0.3 is 15.1 Å². The van der Waals surface area contributed by atoms with E-state index in [1.807, 2.05) is 18.2 Å². The van der Waals surface area contributed by atoms with E-state index in [9.17, 15) is 35.9 Å². The summed E-state index contributed by atoms with van der Waals surface area (Å²) in [6.07, 6.45) is -5.68. The summed E-state index contributed by atoms with van der Waals surface area (Å²) < 4.78 is 80.3. The van der Waals surface area contributed by atoms with Crippen LogP contribution in [0, 0.1) is 11.8 Å². The van der Waals surface area contributed by atoms with Crippen molar-refractivity contribution in [3.8, 4) is 0 Å². The molecule has 0 aliphatic carbocycles. The highest BCUT2D eigenvalue weighted by atomic mass is 19.4. The Kier molecular flexibility index (Phi) is 9.46. The van der Waals surface area contributed by atoms with Crippen molar-refractivity contribution in [1.82, 2.24) is 4.90 Å². The second-order valence-corrected chi connectivity index (χ2v) is 12.1. The molecule has 0 unspecified atom stereocenters. The molecule has 240 valence electrons. The molecule has 2 fully saturated rings. The van der Waals surface area contributed by atoms with Crippen molar-refractivity contribution >= 4 is 23.2 Å². The predicted molar refractivity (Wildman–Crippen MR) is 160 cm³/mol. The molecule has 5 nitrogen and oxygen atoms in total. The third kappa shape index (κ3) is 7.99. The molecule has 2 aliphatic heterocycles. The second-order valence-electron chi connectivity index (χ2n) is 12.1. The van der Waals surface area contributed by atoms with Gasteiger partial charge in [-0.15, -0.1) is 0 Å². The van der Waals surface area contributed by atoms with Gasteiger partial charge in [0.2, 0.25) is 0 Å². The monoisotopic (exact) mass is 631 g/mol. The highest BCUT2D eigenvalue weighted by Crippen LogP contribution is 2.37. The fourth-order valence-corrected chi connectivity index (χ4v) is 6.06. The van der Waals surface area contributed by atoms with Crippen molar-refractivity contribution in [1.29, 1.82) is 0 Å². The van der Waals surface area contributed by atoms with Gasteiger partial charge >= 0.3 is 12.4 Å². The van der Waals surface area contributed by atoms with Crippen molar-refractivity contribution in [3.05, 3.63) is 94.5 Å². The van der Waals surface area contributed by atoms with Crippen LogP contribution in [0.4, 0.5) is 37.7 Å². The Bertz CT molecular complexity index is 1470. The van der Waals surface area contributed by atoms with Crippen LogP contribution in [-0.4, -0.2) is 42.9 Å². The fourth-order valence-electron chi connectivity index (χ4n) is 6.06. The number of hydrogen-bond acceptors (Lipinski definition) is 3. The number of nitrogens with one attached hydrogen (secondary N) is 1. The van der Waals surface area contributed by atoms with E-state index in [-0.39, 0.29) is 17.7 Å². The molecule has 3 aromatic rings. The maximum atomic E-state index is 13.8. The first-order valence-electron chi connectivity index (χ1n) is 15.1. The first-order chi connectivity index (χ1) is 21.3. The van der Waals surface area contributed by atoms with Crippen molar-refractivity contribution in [2.75, 3.05) is 36.4 Å². The molecule has 2 saturated heterocycles. The van der Waals surface area contributed by atoms with E-state index < -0.39 is 35.0 Å². The first-order valence-corrected chi connectivity index (χ1v) is 15.1. The van der Waals surface area contributed by atoms with Gasteiger partial charge in [0, 0.05) is 43.1 Å². The molecule has 0 radical (unpaired) electrons. The summed E-state index contributed by atoms with van der Waals surface area (Å²) in [5.74, 6) is -0.403. The largest absolute Gasteiger partial charge is 0.416 e. The Morgan fingerprint density at radius 2 is 1.38 bits per heavy atom. The van der Waals surface area contributed by atoms with Gasteiger partial charge in [-0.1, -0.05) is 37.3 Å².